The zero-order chi connectivity index (χ0) is 21.0. The molecule has 8 heteroatoms. The number of hydrogen-bond donors (Lipinski definition) is 0. The molecule has 30 heavy (non-hydrogen) atoms. The summed E-state index contributed by atoms with van der Waals surface area (Å²) in [5.41, 5.74) is 0.665. The first-order valence-electron chi connectivity index (χ1n) is 10.5. The molecule has 2 aliphatic heterocycles. The summed E-state index contributed by atoms with van der Waals surface area (Å²) < 4.78 is 29.5. The van der Waals surface area contributed by atoms with Crippen LogP contribution in [0.3, 0.4) is 0 Å². The molecule has 1 unspecified atom stereocenters. The number of nitrogens with zero attached hydrogens (tertiary/aromatic N) is 3. The molecular formula is C22H28FN3O4. The molecule has 2 aliphatic rings. The summed E-state index contributed by atoms with van der Waals surface area (Å²) in [6.45, 7) is 2.42. The van der Waals surface area contributed by atoms with Gasteiger partial charge < -0.3 is 18.9 Å². The van der Waals surface area contributed by atoms with Crippen LogP contribution < -0.4 is 0 Å². The molecule has 1 atom stereocenters. The van der Waals surface area contributed by atoms with Crippen molar-refractivity contribution >= 4 is 5.91 Å². The van der Waals surface area contributed by atoms with Gasteiger partial charge in [0.15, 0.2) is 5.82 Å². The number of halogens is 1. The Hall–Kier alpha value is -2.32. The lowest BCUT2D eigenvalue weighted by Crippen LogP contribution is -2.51. The van der Waals surface area contributed by atoms with Gasteiger partial charge in [-0.2, -0.15) is 4.98 Å². The van der Waals surface area contributed by atoms with Crippen molar-refractivity contribution in [3.8, 4) is 0 Å². The molecule has 1 amide bonds. The maximum Gasteiger partial charge on any atom is 0.252 e. The summed E-state index contributed by atoms with van der Waals surface area (Å²) in [4.78, 5) is 18.9. The average molecular weight is 417 g/mol. The number of ether oxygens (including phenoxy) is 2. The number of carbonyl (C=O) groups excluding carboxylic acids is 1. The Labute approximate surface area is 175 Å². The molecular weight excluding hydrogens is 389 g/mol. The van der Waals surface area contributed by atoms with E-state index in [9.17, 15) is 9.18 Å². The lowest BCUT2D eigenvalue weighted by atomic mass is 9.78. The average Bonchev–Trinajstić information content (AvgIpc) is 3.17. The molecule has 7 nitrogen and oxygen atoms in total. The van der Waals surface area contributed by atoms with Crippen LogP contribution in [0, 0.1) is 11.7 Å². The third kappa shape index (κ3) is 5.05. The first-order valence-corrected chi connectivity index (χ1v) is 10.5. The van der Waals surface area contributed by atoms with Crippen LogP contribution in [0.5, 0.6) is 0 Å². The molecule has 1 spiro atoms. The molecule has 2 aromatic rings. The van der Waals surface area contributed by atoms with Crippen LogP contribution >= 0.6 is 0 Å². The summed E-state index contributed by atoms with van der Waals surface area (Å²) in [5, 5.41) is 4.06. The molecule has 3 heterocycles. The molecule has 0 bridgehead atoms. The smallest absolute Gasteiger partial charge is 0.252 e. The van der Waals surface area contributed by atoms with E-state index in [-0.39, 0.29) is 17.3 Å². The summed E-state index contributed by atoms with van der Waals surface area (Å²) in [6, 6.07) is 6.13. The van der Waals surface area contributed by atoms with Crippen molar-refractivity contribution in [2.24, 2.45) is 5.92 Å². The second-order valence-corrected chi connectivity index (χ2v) is 8.32. The van der Waals surface area contributed by atoms with Crippen LogP contribution in [0.25, 0.3) is 0 Å². The molecule has 0 N–H and O–H groups in total. The van der Waals surface area contributed by atoms with E-state index in [1.165, 1.54) is 12.1 Å². The summed E-state index contributed by atoms with van der Waals surface area (Å²) in [7, 11) is 1.60. The van der Waals surface area contributed by atoms with Crippen molar-refractivity contribution in [3.63, 3.8) is 0 Å². The van der Waals surface area contributed by atoms with Crippen molar-refractivity contribution in [2.75, 3.05) is 26.8 Å². The first kappa shape index (κ1) is 20.9. The number of piperidine rings is 1. The van der Waals surface area contributed by atoms with Crippen LogP contribution in [0.1, 0.15) is 43.0 Å². The highest BCUT2D eigenvalue weighted by Crippen LogP contribution is 2.38. The third-order valence-electron chi connectivity index (χ3n) is 6.14. The lowest BCUT2D eigenvalue weighted by molar-refractivity contribution is -0.146. The molecule has 0 aliphatic carbocycles. The fourth-order valence-corrected chi connectivity index (χ4v) is 4.52. The van der Waals surface area contributed by atoms with Crippen molar-refractivity contribution in [3.05, 3.63) is 47.4 Å². The maximum absolute atomic E-state index is 13.1. The minimum Gasteiger partial charge on any atom is -0.375 e. The van der Waals surface area contributed by atoms with Crippen LogP contribution in [-0.2, 0) is 33.7 Å². The summed E-state index contributed by atoms with van der Waals surface area (Å²) in [5.74, 6) is 1.46. The second kappa shape index (κ2) is 9.22. The van der Waals surface area contributed by atoms with Crippen LogP contribution in [0.4, 0.5) is 4.39 Å². The number of benzene rings is 1. The minimum absolute atomic E-state index is 0.0845. The Kier molecular flexibility index (Phi) is 6.43. The molecule has 2 fully saturated rings. The van der Waals surface area contributed by atoms with E-state index in [0.29, 0.717) is 37.9 Å². The summed E-state index contributed by atoms with van der Waals surface area (Å²) >= 11 is 0. The highest BCUT2D eigenvalue weighted by molar-refractivity contribution is 5.78. The zero-order valence-electron chi connectivity index (χ0n) is 17.3. The molecule has 4 rings (SSSR count). The standard InChI is InChI=1S/C22H28FN3O4/c1-28-15-20-24-19(25-30-20)12-17-6-11-29-22(14-17)7-9-26(10-8-22)21(27)13-16-2-4-18(23)5-3-16/h2-5,17H,6-15H2,1H3. The largest absolute Gasteiger partial charge is 0.375 e. The maximum atomic E-state index is 13.1. The van der Waals surface area contributed by atoms with Crippen molar-refractivity contribution < 1.29 is 23.2 Å². The minimum atomic E-state index is -0.286. The molecule has 1 aromatic heterocycles. The molecule has 0 radical (unpaired) electrons. The monoisotopic (exact) mass is 417 g/mol. The third-order valence-corrected chi connectivity index (χ3v) is 6.14. The molecule has 162 valence electrons. The van der Waals surface area contributed by atoms with Gasteiger partial charge in [0, 0.05) is 33.2 Å². The number of hydrogen-bond acceptors (Lipinski definition) is 6. The number of likely N-dealkylation sites (tertiary alicyclic amines) is 1. The highest BCUT2D eigenvalue weighted by atomic mass is 19.1. The topological polar surface area (TPSA) is 77.7 Å². The van der Waals surface area contributed by atoms with Gasteiger partial charge in [-0.15, -0.1) is 0 Å². The number of rotatable bonds is 6. The zero-order valence-corrected chi connectivity index (χ0v) is 17.3. The van der Waals surface area contributed by atoms with E-state index in [4.69, 9.17) is 14.0 Å². The van der Waals surface area contributed by atoms with E-state index in [2.05, 4.69) is 10.1 Å². The highest BCUT2D eigenvalue weighted by Gasteiger charge is 2.41. The quantitative estimate of drug-likeness (QED) is 0.719. The van der Waals surface area contributed by atoms with Gasteiger partial charge in [-0.05, 0) is 49.3 Å². The predicted octanol–water partition coefficient (Wildman–Crippen LogP) is 2.93. The number of carbonyl (C=O) groups is 1. The summed E-state index contributed by atoms with van der Waals surface area (Å²) in [6.07, 6.45) is 4.66. The molecule has 2 saturated heterocycles. The fourth-order valence-electron chi connectivity index (χ4n) is 4.52. The van der Waals surface area contributed by atoms with Gasteiger partial charge in [-0.3, -0.25) is 4.79 Å². The van der Waals surface area contributed by atoms with E-state index in [0.717, 1.165) is 50.1 Å². The van der Waals surface area contributed by atoms with Crippen molar-refractivity contribution in [2.45, 2.75) is 50.7 Å². The van der Waals surface area contributed by atoms with Crippen molar-refractivity contribution in [1.82, 2.24) is 15.0 Å². The Bertz CT molecular complexity index is 846. The molecule has 1 aromatic carbocycles. The Balaban J connectivity index is 1.29. The predicted molar refractivity (Wildman–Crippen MR) is 106 cm³/mol. The molecule has 0 saturated carbocycles. The fraction of sp³-hybridized carbons (Fsp3) is 0.591. The van der Waals surface area contributed by atoms with Crippen LogP contribution in [0.2, 0.25) is 0 Å². The van der Waals surface area contributed by atoms with Gasteiger partial charge in [0.1, 0.15) is 12.4 Å². The van der Waals surface area contributed by atoms with Gasteiger partial charge >= 0.3 is 0 Å². The van der Waals surface area contributed by atoms with Crippen LogP contribution in [-0.4, -0.2) is 53.4 Å². The van der Waals surface area contributed by atoms with Gasteiger partial charge in [0.05, 0.1) is 12.0 Å². The van der Waals surface area contributed by atoms with E-state index in [1.807, 2.05) is 4.90 Å². The lowest BCUT2D eigenvalue weighted by Gasteiger charge is -2.46. The van der Waals surface area contributed by atoms with Gasteiger partial charge in [-0.25, -0.2) is 4.39 Å². The van der Waals surface area contributed by atoms with E-state index >= 15 is 0 Å². The Morgan fingerprint density at radius 3 is 2.80 bits per heavy atom. The van der Waals surface area contributed by atoms with E-state index in [1.54, 1.807) is 19.2 Å². The SMILES string of the molecule is COCc1nc(CC2CCOC3(CCN(C(=O)Cc4ccc(F)cc4)CC3)C2)no1. The van der Waals surface area contributed by atoms with Gasteiger partial charge in [0.25, 0.3) is 5.89 Å². The van der Waals surface area contributed by atoms with Gasteiger partial charge in [-0.1, -0.05) is 17.3 Å². The Morgan fingerprint density at radius 1 is 1.30 bits per heavy atom. The normalized spacial score (nSPS) is 21.1. The number of amides is 1. The van der Waals surface area contributed by atoms with Crippen molar-refractivity contribution in [1.29, 1.82) is 0 Å². The van der Waals surface area contributed by atoms with Crippen LogP contribution in [0.15, 0.2) is 28.8 Å². The van der Waals surface area contributed by atoms with E-state index < -0.39 is 0 Å². The first-order chi connectivity index (χ1) is 14.5. The van der Waals surface area contributed by atoms with Gasteiger partial charge in [0.2, 0.25) is 5.91 Å². The Morgan fingerprint density at radius 2 is 2.07 bits per heavy atom. The second-order valence-electron chi connectivity index (χ2n) is 8.32. The number of methoxy groups -OCH3 is 1. The number of aromatic nitrogens is 2.